The van der Waals surface area contributed by atoms with Gasteiger partial charge in [-0.3, -0.25) is 0 Å². The van der Waals surface area contributed by atoms with Gasteiger partial charge in [-0.25, -0.2) is 4.98 Å². The summed E-state index contributed by atoms with van der Waals surface area (Å²) in [5.74, 6) is 1.77. The van der Waals surface area contributed by atoms with Crippen LogP contribution in [0.2, 0.25) is 0 Å². The zero-order valence-corrected chi connectivity index (χ0v) is 12.4. The summed E-state index contributed by atoms with van der Waals surface area (Å²) in [6.07, 6.45) is 3.11. The maximum absolute atomic E-state index is 4.45. The van der Waals surface area contributed by atoms with Gasteiger partial charge < -0.3 is 10.2 Å². The quantitative estimate of drug-likeness (QED) is 0.805. The molecular weight excluding hydrogens is 222 g/mol. The first-order valence-corrected chi connectivity index (χ1v) is 6.92. The molecule has 0 bridgehead atoms. The summed E-state index contributed by atoms with van der Waals surface area (Å²) in [5.41, 5.74) is 1.30. The Morgan fingerprint density at radius 1 is 1.33 bits per heavy atom. The minimum Gasteiger partial charge on any atom is -0.359 e. The molecule has 0 spiro atoms. The number of aromatic nitrogens is 1. The fourth-order valence-corrected chi connectivity index (χ4v) is 1.79. The third-order valence-corrected chi connectivity index (χ3v) is 3.20. The van der Waals surface area contributed by atoms with Gasteiger partial charge in [-0.2, -0.15) is 0 Å². The molecule has 0 aromatic carbocycles. The highest BCUT2D eigenvalue weighted by atomic mass is 15.2. The molecule has 0 aliphatic heterocycles. The predicted octanol–water partition coefficient (Wildman–Crippen LogP) is 3.06. The van der Waals surface area contributed by atoms with Crippen molar-refractivity contribution in [3.63, 3.8) is 0 Å². The molecule has 1 aromatic rings. The molecule has 102 valence electrons. The summed E-state index contributed by atoms with van der Waals surface area (Å²) < 4.78 is 0. The second kappa shape index (κ2) is 7.37. The minimum absolute atomic E-state index is 0.513. The number of nitrogens with zero attached hydrogens (tertiary/aromatic N) is 2. The van der Waals surface area contributed by atoms with Gasteiger partial charge in [0.1, 0.15) is 5.82 Å². The number of hydrogen-bond acceptors (Lipinski definition) is 3. The fraction of sp³-hybridized carbons (Fsp3) is 0.667. The Balaban J connectivity index is 2.63. The van der Waals surface area contributed by atoms with Crippen molar-refractivity contribution in [3.05, 3.63) is 23.9 Å². The van der Waals surface area contributed by atoms with Crippen LogP contribution >= 0.6 is 0 Å². The molecule has 1 N–H and O–H groups in total. The van der Waals surface area contributed by atoms with Crippen LogP contribution in [0, 0.1) is 5.92 Å². The van der Waals surface area contributed by atoms with Crippen molar-refractivity contribution in [1.82, 2.24) is 10.3 Å². The van der Waals surface area contributed by atoms with Gasteiger partial charge in [-0.05, 0) is 23.6 Å². The molecule has 0 radical (unpaired) electrons. The van der Waals surface area contributed by atoms with Gasteiger partial charge in [0.25, 0.3) is 0 Å². The molecule has 1 unspecified atom stereocenters. The van der Waals surface area contributed by atoms with Crippen molar-refractivity contribution in [3.8, 4) is 0 Å². The van der Waals surface area contributed by atoms with Crippen molar-refractivity contribution in [2.45, 2.75) is 46.7 Å². The van der Waals surface area contributed by atoms with Crippen LogP contribution in [0.1, 0.15) is 39.7 Å². The lowest BCUT2D eigenvalue weighted by atomic mass is 10.1. The molecule has 0 fully saturated rings. The van der Waals surface area contributed by atoms with Crippen LogP contribution in [0.25, 0.3) is 0 Å². The van der Waals surface area contributed by atoms with Crippen LogP contribution in [0.4, 0.5) is 5.82 Å². The average molecular weight is 249 g/mol. The molecule has 0 saturated carbocycles. The maximum Gasteiger partial charge on any atom is 0.128 e. The van der Waals surface area contributed by atoms with Crippen LogP contribution < -0.4 is 10.2 Å². The van der Waals surface area contributed by atoms with Gasteiger partial charge in [0.2, 0.25) is 0 Å². The second-order valence-corrected chi connectivity index (χ2v) is 5.45. The summed E-state index contributed by atoms with van der Waals surface area (Å²) in [4.78, 5) is 6.70. The molecule has 1 heterocycles. The lowest BCUT2D eigenvalue weighted by molar-refractivity contribution is 0.557. The van der Waals surface area contributed by atoms with Crippen molar-refractivity contribution in [2.24, 2.45) is 5.92 Å². The summed E-state index contributed by atoms with van der Waals surface area (Å²) in [6, 6.07) is 4.77. The highest BCUT2D eigenvalue weighted by Gasteiger charge is 2.07. The monoisotopic (exact) mass is 249 g/mol. The van der Waals surface area contributed by atoms with Gasteiger partial charge >= 0.3 is 0 Å². The standard InChI is InChI=1S/C15H27N3/c1-6-13(4)11-18(5)15-9-14(7-8-16-15)10-17-12(2)3/h7-9,12-13,17H,6,10-11H2,1-5H3. The maximum atomic E-state index is 4.45. The Hall–Kier alpha value is -1.09. The molecule has 3 heteroatoms. The van der Waals surface area contributed by atoms with E-state index >= 15 is 0 Å². The third-order valence-electron chi connectivity index (χ3n) is 3.20. The molecule has 0 saturated heterocycles. The molecule has 0 amide bonds. The summed E-state index contributed by atoms with van der Waals surface area (Å²) in [6.45, 7) is 10.8. The Morgan fingerprint density at radius 2 is 2.06 bits per heavy atom. The van der Waals surface area contributed by atoms with E-state index in [1.807, 2.05) is 6.20 Å². The van der Waals surface area contributed by atoms with Crippen molar-refractivity contribution >= 4 is 5.82 Å². The largest absolute Gasteiger partial charge is 0.359 e. The summed E-state index contributed by atoms with van der Waals surface area (Å²) in [5, 5.41) is 3.43. The van der Waals surface area contributed by atoms with E-state index in [0.717, 1.165) is 18.9 Å². The molecule has 0 aliphatic carbocycles. The molecule has 1 atom stereocenters. The average Bonchev–Trinajstić information content (AvgIpc) is 2.36. The lowest BCUT2D eigenvalue weighted by Crippen LogP contribution is -2.25. The number of anilines is 1. The lowest BCUT2D eigenvalue weighted by Gasteiger charge is -2.22. The summed E-state index contributed by atoms with van der Waals surface area (Å²) in [7, 11) is 2.12. The Labute approximate surface area is 112 Å². The second-order valence-electron chi connectivity index (χ2n) is 5.45. The normalized spacial score (nSPS) is 12.8. The van der Waals surface area contributed by atoms with Gasteiger partial charge in [0.05, 0.1) is 0 Å². The highest BCUT2D eigenvalue weighted by Crippen LogP contribution is 2.14. The van der Waals surface area contributed by atoms with Gasteiger partial charge in [0.15, 0.2) is 0 Å². The van der Waals surface area contributed by atoms with Gasteiger partial charge in [-0.15, -0.1) is 0 Å². The smallest absolute Gasteiger partial charge is 0.128 e. The summed E-state index contributed by atoms with van der Waals surface area (Å²) >= 11 is 0. The first kappa shape index (κ1) is 15.0. The zero-order chi connectivity index (χ0) is 13.5. The topological polar surface area (TPSA) is 28.2 Å². The third kappa shape index (κ3) is 5.05. The number of rotatable bonds is 7. The van der Waals surface area contributed by atoms with E-state index in [-0.39, 0.29) is 0 Å². The zero-order valence-electron chi connectivity index (χ0n) is 12.4. The fourth-order valence-electron chi connectivity index (χ4n) is 1.79. The van der Waals surface area contributed by atoms with Crippen LogP contribution in [0.3, 0.4) is 0 Å². The molecule has 3 nitrogen and oxygen atoms in total. The first-order chi connectivity index (χ1) is 8.52. The molecular formula is C15H27N3. The van der Waals surface area contributed by atoms with Crippen LogP contribution in [-0.2, 0) is 6.54 Å². The van der Waals surface area contributed by atoms with Crippen LogP contribution in [-0.4, -0.2) is 24.6 Å². The van der Waals surface area contributed by atoms with E-state index in [4.69, 9.17) is 0 Å². The molecule has 0 aliphatic rings. The number of hydrogen-bond donors (Lipinski definition) is 1. The van der Waals surface area contributed by atoms with E-state index in [9.17, 15) is 0 Å². The van der Waals surface area contributed by atoms with E-state index in [1.54, 1.807) is 0 Å². The van der Waals surface area contributed by atoms with Gasteiger partial charge in [0, 0.05) is 32.4 Å². The Kier molecular flexibility index (Phi) is 6.13. The Bertz CT molecular complexity index is 349. The van der Waals surface area contributed by atoms with Gasteiger partial charge in [-0.1, -0.05) is 34.1 Å². The van der Waals surface area contributed by atoms with Crippen LogP contribution in [0.5, 0.6) is 0 Å². The van der Waals surface area contributed by atoms with E-state index in [0.29, 0.717) is 12.0 Å². The van der Waals surface area contributed by atoms with Crippen molar-refractivity contribution in [1.29, 1.82) is 0 Å². The molecule has 1 aromatic heterocycles. The van der Waals surface area contributed by atoms with Crippen LogP contribution in [0.15, 0.2) is 18.3 Å². The number of pyridine rings is 1. The number of nitrogens with one attached hydrogen (secondary N) is 1. The highest BCUT2D eigenvalue weighted by molar-refractivity contribution is 5.40. The first-order valence-electron chi connectivity index (χ1n) is 6.92. The minimum atomic E-state index is 0.513. The Morgan fingerprint density at radius 3 is 2.67 bits per heavy atom. The SMILES string of the molecule is CCC(C)CN(C)c1cc(CNC(C)C)ccn1. The van der Waals surface area contributed by atoms with Crippen molar-refractivity contribution < 1.29 is 0 Å². The van der Waals surface area contributed by atoms with E-state index in [2.05, 4.69) is 62.1 Å². The molecule has 1 rings (SSSR count). The molecule has 18 heavy (non-hydrogen) atoms. The predicted molar refractivity (Wildman–Crippen MR) is 78.9 cm³/mol. The van der Waals surface area contributed by atoms with E-state index in [1.165, 1.54) is 12.0 Å². The van der Waals surface area contributed by atoms with Crippen molar-refractivity contribution in [2.75, 3.05) is 18.5 Å². The van der Waals surface area contributed by atoms with E-state index < -0.39 is 0 Å².